The lowest BCUT2D eigenvalue weighted by atomic mass is 9.81. The van der Waals surface area contributed by atoms with Crippen LogP contribution in [0.2, 0.25) is 0 Å². The lowest BCUT2D eigenvalue weighted by Gasteiger charge is -2.22. The molecule has 3 nitrogen and oxygen atoms in total. The van der Waals surface area contributed by atoms with Crippen LogP contribution in [0.4, 0.5) is 0 Å². The number of pyridine rings is 1. The van der Waals surface area contributed by atoms with E-state index in [2.05, 4.69) is 140 Å². The monoisotopic (exact) mass is 601 g/mol. The van der Waals surface area contributed by atoms with Crippen LogP contribution in [0.5, 0.6) is 0 Å². The molecule has 2 heterocycles. The van der Waals surface area contributed by atoms with Crippen molar-refractivity contribution in [2.75, 3.05) is 0 Å². The zero-order valence-corrected chi connectivity index (χ0v) is 26.3. The molecule has 6 aromatic carbocycles. The first-order valence-electron chi connectivity index (χ1n) is 16.1. The summed E-state index contributed by atoms with van der Waals surface area (Å²) in [6.45, 7) is 4.69. The highest BCUT2D eigenvalue weighted by Crippen LogP contribution is 2.50. The first kappa shape index (κ1) is 27.4. The predicted octanol–water partition coefficient (Wildman–Crippen LogP) is 11.2. The van der Waals surface area contributed by atoms with E-state index in [-0.39, 0.29) is 5.41 Å². The Kier molecular flexibility index (Phi) is 6.16. The third-order valence-corrected chi connectivity index (χ3v) is 9.75. The highest BCUT2D eigenvalue weighted by atomic mass is 14.9. The second kappa shape index (κ2) is 10.6. The SMILES string of the molecule is CC1(C)c2ccccc2-c2cc3ccc4c(-c5cc(-c6ccccc6)nc(-c6ccc(-c7ccccn7)cc6)n5)cccc4c3cc21. The molecule has 8 aromatic rings. The average molecular weight is 602 g/mol. The summed E-state index contributed by atoms with van der Waals surface area (Å²) in [5.74, 6) is 0.698. The minimum Gasteiger partial charge on any atom is -0.256 e. The molecule has 1 aliphatic rings. The Balaban J connectivity index is 1.22. The molecule has 0 unspecified atom stereocenters. The largest absolute Gasteiger partial charge is 0.256 e. The van der Waals surface area contributed by atoms with Crippen molar-refractivity contribution in [2.45, 2.75) is 19.3 Å². The smallest absolute Gasteiger partial charge is 0.160 e. The van der Waals surface area contributed by atoms with Gasteiger partial charge in [0.1, 0.15) is 0 Å². The lowest BCUT2D eigenvalue weighted by molar-refractivity contribution is 0.661. The number of rotatable bonds is 4. The van der Waals surface area contributed by atoms with E-state index in [1.807, 2.05) is 30.5 Å². The van der Waals surface area contributed by atoms with Crippen molar-refractivity contribution in [3.8, 4) is 56.3 Å². The normalized spacial score (nSPS) is 13.1. The second-order valence-electron chi connectivity index (χ2n) is 12.9. The lowest BCUT2D eigenvalue weighted by Crippen LogP contribution is -2.14. The molecule has 0 radical (unpaired) electrons. The van der Waals surface area contributed by atoms with Gasteiger partial charge in [0.15, 0.2) is 5.82 Å². The van der Waals surface area contributed by atoms with E-state index in [0.717, 1.165) is 39.3 Å². The van der Waals surface area contributed by atoms with E-state index in [1.54, 1.807) is 0 Å². The van der Waals surface area contributed by atoms with Crippen molar-refractivity contribution in [2.24, 2.45) is 0 Å². The van der Waals surface area contributed by atoms with E-state index in [9.17, 15) is 0 Å². The summed E-state index contributed by atoms with van der Waals surface area (Å²) in [4.78, 5) is 14.8. The molecule has 47 heavy (non-hydrogen) atoms. The van der Waals surface area contributed by atoms with Crippen LogP contribution in [0.25, 0.3) is 77.8 Å². The molecule has 0 aliphatic heterocycles. The molecule has 9 rings (SSSR count). The van der Waals surface area contributed by atoms with Crippen molar-refractivity contribution in [1.82, 2.24) is 15.0 Å². The third-order valence-electron chi connectivity index (χ3n) is 9.75. The summed E-state index contributed by atoms with van der Waals surface area (Å²) in [5.41, 5.74) is 12.3. The molecule has 0 atom stereocenters. The van der Waals surface area contributed by atoms with Gasteiger partial charge in [0.2, 0.25) is 0 Å². The molecule has 0 fully saturated rings. The summed E-state index contributed by atoms with van der Waals surface area (Å²) in [6.07, 6.45) is 1.82. The Bertz CT molecular complexity index is 2460. The zero-order valence-electron chi connectivity index (χ0n) is 26.3. The summed E-state index contributed by atoms with van der Waals surface area (Å²) < 4.78 is 0. The van der Waals surface area contributed by atoms with Gasteiger partial charge in [-0.3, -0.25) is 4.98 Å². The van der Waals surface area contributed by atoms with Crippen molar-refractivity contribution in [3.63, 3.8) is 0 Å². The van der Waals surface area contributed by atoms with Crippen molar-refractivity contribution in [3.05, 3.63) is 163 Å². The van der Waals surface area contributed by atoms with Crippen molar-refractivity contribution in [1.29, 1.82) is 0 Å². The van der Waals surface area contributed by atoms with Gasteiger partial charge < -0.3 is 0 Å². The van der Waals surface area contributed by atoms with Crippen LogP contribution in [0, 0.1) is 0 Å². The van der Waals surface area contributed by atoms with Crippen LogP contribution in [-0.4, -0.2) is 15.0 Å². The van der Waals surface area contributed by atoms with E-state index in [1.165, 1.54) is 43.8 Å². The first-order valence-corrected chi connectivity index (χ1v) is 16.1. The zero-order chi connectivity index (χ0) is 31.5. The van der Waals surface area contributed by atoms with Crippen molar-refractivity contribution < 1.29 is 0 Å². The van der Waals surface area contributed by atoms with Gasteiger partial charge in [0.25, 0.3) is 0 Å². The highest BCUT2D eigenvalue weighted by molar-refractivity contribution is 6.13. The fraction of sp³-hybridized carbons (Fsp3) is 0.0682. The van der Waals surface area contributed by atoms with Gasteiger partial charge in [0, 0.05) is 33.9 Å². The number of aromatic nitrogens is 3. The summed E-state index contributed by atoms with van der Waals surface area (Å²) >= 11 is 0. The molecular formula is C44H31N3. The molecule has 2 aromatic heterocycles. The number of nitrogens with zero attached hydrogens (tertiary/aromatic N) is 3. The summed E-state index contributed by atoms with van der Waals surface area (Å²) in [5, 5.41) is 4.94. The molecule has 3 heteroatoms. The molecule has 0 bridgehead atoms. The maximum atomic E-state index is 5.21. The Hall–Kier alpha value is -5.93. The molecule has 0 N–H and O–H groups in total. The van der Waals surface area contributed by atoms with Gasteiger partial charge in [-0.1, -0.05) is 129 Å². The topological polar surface area (TPSA) is 38.7 Å². The van der Waals surface area contributed by atoms with E-state index >= 15 is 0 Å². The number of benzene rings is 6. The maximum absolute atomic E-state index is 5.21. The molecular weight excluding hydrogens is 571 g/mol. The van der Waals surface area contributed by atoms with E-state index in [0.29, 0.717) is 5.82 Å². The molecule has 0 amide bonds. The predicted molar refractivity (Wildman–Crippen MR) is 194 cm³/mol. The molecule has 222 valence electrons. The second-order valence-corrected chi connectivity index (χ2v) is 12.9. The Labute approximate surface area is 274 Å². The fourth-order valence-corrected chi connectivity index (χ4v) is 7.31. The van der Waals surface area contributed by atoms with Gasteiger partial charge in [-0.05, 0) is 74.1 Å². The van der Waals surface area contributed by atoms with E-state index in [4.69, 9.17) is 9.97 Å². The highest BCUT2D eigenvalue weighted by Gasteiger charge is 2.35. The van der Waals surface area contributed by atoms with Gasteiger partial charge >= 0.3 is 0 Å². The minimum atomic E-state index is -0.0574. The Morgan fingerprint density at radius 2 is 1.15 bits per heavy atom. The van der Waals surface area contributed by atoms with Gasteiger partial charge in [-0.2, -0.15) is 0 Å². The number of fused-ring (bicyclic) bond motifs is 6. The quantitative estimate of drug-likeness (QED) is 0.188. The molecule has 0 saturated heterocycles. The standard InChI is InChI=1S/C44H31N3/c1-44(2)38-16-7-6-13-34(38)37-25-31-22-23-33-32(36(31)26-39(37)44)14-10-15-35(33)42-27-41(28-11-4-3-5-12-28)46-43(47-42)30-20-18-29(19-21-30)40-17-8-9-24-45-40/h3-27H,1-2H3. The van der Waals surface area contributed by atoms with Gasteiger partial charge in [-0.25, -0.2) is 9.97 Å². The number of hydrogen-bond acceptors (Lipinski definition) is 3. The fourth-order valence-electron chi connectivity index (χ4n) is 7.31. The van der Waals surface area contributed by atoms with E-state index < -0.39 is 0 Å². The average Bonchev–Trinajstić information content (AvgIpc) is 3.36. The minimum absolute atomic E-state index is 0.0574. The van der Waals surface area contributed by atoms with Crippen LogP contribution in [0.1, 0.15) is 25.0 Å². The molecule has 0 spiro atoms. The Morgan fingerprint density at radius 3 is 1.98 bits per heavy atom. The summed E-state index contributed by atoms with van der Waals surface area (Å²) in [6, 6.07) is 51.6. The van der Waals surface area contributed by atoms with Crippen molar-refractivity contribution >= 4 is 21.5 Å². The third kappa shape index (κ3) is 4.46. The number of hydrogen-bond donors (Lipinski definition) is 0. The van der Waals surface area contributed by atoms with Crippen LogP contribution in [0.3, 0.4) is 0 Å². The van der Waals surface area contributed by atoms with Gasteiger partial charge in [0.05, 0.1) is 17.1 Å². The molecule has 1 aliphatic carbocycles. The molecule has 0 saturated carbocycles. The maximum Gasteiger partial charge on any atom is 0.160 e. The van der Waals surface area contributed by atoms with Crippen LogP contribution < -0.4 is 0 Å². The van der Waals surface area contributed by atoms with Gasteiger partial charge in [-0.15, -0.1) is 0 Å². The Morgan fingerprint density at radius 1 is 0.426 bits per heavy atom. The first-order chi connectivity index (χ1) is 23.0. The van der Waals surface area contributed by atoms with Crippen LogP contribution in [0.15, 0.2) is 152 Å². The van der Waals surface area contributed by atoms with Crippen LogP contribution in [-0.2, 0) is 5.41 Å². The van der Waals surface area contributed by atoms with Crippen LogP contribution >= 0.6 is 0 Å². The summed E-state index contributed by atoms with van der Waals surface area (Å²) in [7, 11) is 0.